The van der Waals surface area contributed by atoms with Gasteiger partial charge in [-0.3, -0.25) is 5.32 Å². The molecule has 1 N–H and O–H groups in total. The highest BCUT2D eigenvalue weighted by Gasteiger charge is 2.40. The van der Waals surface area contributed by atoms with E-state index in [0.29, 0.717) is 5.56 Å². The molecule has 3 nitrogen and oxygen atoms in total. The molecule has 0 heterocycles. The highest BCUT2D eigenvalue weighted by atomic mass is 127. The van der Waals surface area contributed by atoms with Gasteiger partial charge in [0.25, 0.3) is 0 Å². The molecule has 1 aromatic carbocycles. The molecule has 20 heavy (non-hydrogen) atoms. The maximum Gasteiger partial charge on any atom is 0.401 e. The first-order chi connectivity index (χ1) is 9.19. The third-order valence-corrected chi connectivity index (χ3v) is 3.47. The quantitative estimate of drug-likeness (QED) is 0.609. The van der Waals surface area contributed by atoms with Crippen molar-refractivity contribution in [2.75, 3.05) is 13.2 Å². The minimum Gasteiger partial charge on any atom is -0.464 e. The van der Waals surface area contributed by atoms with Crippen molar-refractivity contribution in [1.29, 1.82) is 0 Å². The number of hydrogen-bond acceptors (Lipinski definition) is 3. The number of carbonyl (C=O) groups excluding carboxylic acids is 1. The van der Waals surface area contributed by atoms with E-state index in [1.54, 1.807) is 31.2 Å². The van der Waals surface area contributed by atoms with Crippen LogP contribution in [0.2, 0.25) is 0 Å². The number of ether oxygens (including phenoxy) is 1. The Balaban J connectivity index is 3.06. The summed E-state index contributed by atoms with van der Waals surface area (Å²) in [5.74, 6) is -0.731. The van der Waals surface area contributed by atoms with Crippen molar-refractivity contribution < 1.29 is 22.7 Å². The largest absolute Gasteiger partial charge is 0.464 e. The number of halogens is 4. The van der Waals surface area contributed by atoms with Gasteiger partial charge in [0.05, 0.1) is 13.2 Å². The van der Waals surface area contributed by atoms with Crippen LogP contribution in [0.4, 0.5) is 13.2 Å². The average Bonchev–Trinajstić information content (AvgIpc) is 2.36. The maximum absolute atomic E-state index is 12.4. The molecule has 1 rings (SSSR count). The van der Waals surface area contributed by atoms with E-state index in [2.05, 4.69) is 27.9 Å². The number of nitrogens with one attached hydrogen (secondary N) is 1. The van der Waals surface area contributed by atoms with E-state index in [1.165, 1.54) is 6.92 Å². The van der Waals surface area contributed by atoms with E-state index in [0.717, 1.165) is 3.57 Å². The van der Waals surface area contributed by atoms with Crippen LogP contribution in [0.15, 0.2) is 24.3 Å². The summed E-state index contributed by atoms with van der Waals surface area (Å²) in [5, 5.41) is 2.25. The molecule has 0 fully saturated rings. The zero-order valence-electron chi connectivity index (χ0n) is 11.1. The molecule has 0 bridgehead atoms. The molecule has 112 valence electrons. The van der Waals surface area contributed by atoms with Crippen molar-refractivity contribution in [3.63, 3.8) is 0 Å². The SMILES string of the molecule is CCOC(=O)C(C)(NCC(F)(F)F)c1ccc(I)cc1. The molecule has 0 amide bonds. The van der Waals surface area contributed by atoms with Gasteiger partial charge in [-0.15, -0.1) is 0 Å². The molecule has 0 aliphatic rings. The van der Waals surface area contributed by atoms with E-state index >= 15 is 0 Å². The topological polar surface area (TPSA) is 38.3 Å². The van der Waals surface area contributed by atoms with Gasteiger partial charge >= 0.3 is 12.1 Å². The summed E-state index contributed by atoms with van der Waals surface area (Å²) in [7, 11) is 0. The molecule has 0 saturated carbocycles. The molecular formula is C13H15F3INO2. The maximum atomic E-state index is 12.4. The van der Waals surface area contributed by atoms with Gasteiger partial charge < -0.3 is 4.74 Å². The molecule has 0 saturated heterocycles. The average molecular weight is 401 g/mol. The molecule has 1 unspecified atom stereocenters. The van der Waals surface area contributed by atoms with E-state index in [9.17, 15) is 18.0 Å². The first-order valence-corrected chi connectivity index (χ1v) is 7.02. The second-order valence-electron chi connectivity index (χ2n) is 4.32. The Morgan fingerprint density at radius 1 is 1.30 bits per heavy atom. The first kappa shape index (κ1) is 17.2. The van der Waals surface area contributed by atoms with Crippen molar-refractivity contribution in [3.8, 4) is 0 Å². The van der Waals surface area contributed by atoms with Crippen LogP contribution in [-0.4, -0.2) is 25.3 Å². The highest BCUT2D eigenvalue weighted by molar-refractivity contribution is 14.1. The Morgan fingerprint density at radius 3 is 2.30 bits per heavy atom. The predicted molar refractivity (Wildman–Crippen MR) is 77.2 cm³/mol. The second kappa shape index (κ2) is 6.75. The van der Waals surface area contributed by atoms with Crippen LogP contribution >= 0.6 is 22.6 Å². The molecule has 0 aliphatic heterocycles. The minimum absolute atomic E-state index is 0.104. The Kier molecular flexibility index (Phi) is 5.81. The van der Waals surface area contributed by atoms with Crippen LogP contribution in [0.3, 0.4) is 0 Å². The van der Waals surface area contributed by atoms with E-state index < -0.39 is 24.2 Å². The zero-order chi connectivity index (χ0) is 15.4. The lowest BCUT2D eigenvalue weighted by molar-refractivity contribution is -0.155. The van der Waals surface area contributed by atoms with Crippen LogP contribution in [0.5, 0.6) is 0 Å². The third kappa shape index (κ3) is 4.62. The Morgan fingerprint density at radius 2 is 1.85 bits per heavy atom. The van der Waals surface area contributed by atoms with Crippen LogP contribution in [0.1, 0.15) is 19.4 Å². The van der Waals surface area contributed by atoms with Crippen LogP contribution < -0.4 is 5.32 Å². The van der Waals surface area contributed by atoms with E-state index in [1.807, 2.05) is 0 Å². The Bertz CT molecular complexity index is 462. The molecule has 1 aromatic rings. The monoisotopic (exact) mass is 401 g/mol. The van der Waals surface area contributed by atoms with Crippen LogP contribution in [0.25, 0.3) is 0 Å². The molecule has 0 radical (unpaired) electrons. The number of esters is 1. The van der Waals surface area contributed by atoms with Gasteiger partial charge in [0.15, 0.2) is 0 Å². The van der Waals surface area contributed by atoms with Gasteiger partial charge in [0, 0.05) is 3.57 Å². The number of rotatable bonds is 5. The van der Waals surface area contributed by atoms with Gasteiger partial charge in [-0.25, -0.2) is 4.79 Å². The molecule has 0 aliphatic carbocycles. The lowest BCUT2D eigenvalue weighted by atomic mass is 9.92. The Labute approximate surface area is 129 Å². The number of carbonyl (C=O) groups is 1. The normalized spacial score (nSPS) is 14.7. The summed E-state index contributed by atoms with van der Waals surface area (Å²) < 4.78 is 43.0. The number of benzene rings is 1. The smallest absolute Gasteiger partial charge is 0.401 e. The summed E-state index contributed by atoms with van der Waals surface area (Å²) in [6.07, 6.45) is -4.41. The number of hydrogen-bond donors (Lipinski definition) is 1. The van der Waals surface area contributed by atoms with Gasteiger partial charge in [0.2, 0.25) is 0 Å². The number of alkyl halides is 3. The third-order valence-electron chi connectivity index (χ3n) is 2.75. The van der Waals surface area contributed by atoms with Crippen molar-refractivity contribution in [1.82, 2.24) is 5.32 Å². The summed E-state index contributed by atoms with van der Waals surface area (Å²) in [6, 6.07) is 6.68. The molecule has 7 heteroatoms. The van der Waals surface area contributed by atoms with Gasteiger partial charge in [-0.05, 0) is 54.1 Å². The Hall–Kier alpha value is -0.830. The molecular weight excluding hydrogens is 386 g/mol. The predicted octanol–water partition coefficient (Wildman–Crippen LogP) is 3.22. The lowest BCUT2D eigenvalue weighted by Crippen LogP contribution is -2.50. The van der Waals surface area contributed by atoms with E-state index in [-0.39, 0.29) is 6.61 Å². The van der Waals surface area contributed by atoms with Crippen molar-refractivity contribution in [3.05, 3.63) is 33.4 Å². The second-order valence-corrected chi connectivity index (χ2v) is 5.57. The molecule has 0 spiro atoms. The first-order valence-electron chi connectivity index (χ1n) is 5.94. The van der Waals surface area contributed by atoms with Crippen molar-refractivity contribution >= 4 is 28.6 Å². The zero-order valence-corrected chi connectivity index (χ0v) is 13.2. The van der Waals surface area contributed by atoms with Gasteiger partial charge in [-0.2, -0.15) is 13.2 Å². The summed E-state index contributed by atoms with van der Waals surface area (Å²) >= 11 is 2.08. The fourth-order valence-corrected chi connectivity index (χ4v) is 1.99. The highest BCUT2D eigenvalue weighted by Crippen LogP contribution is 2.25. The van der Waals surface area contributed by atoms with Crippen LogP contribution in [0, 0.1) is 3.57 Å². The summed E-state index contributed by atoms with van der Waals surface area (Å²) in [4.78, 5) is 12.0. The molecule has 0 aromatic heterocycles. The van der Waals surface area contributed by atoms with Crippen molar-refractivity contribution in [2.45, 2.75) is 25.6 Å². The minimum atomic E-state index is -4.41. The fourth-order valence-electron chi connectivity index (χ4n) is 1.63. The van der Waals surface area contributed by atoms with E-state index in [4.69, 9.17) is 4.74 Å². The van der Waals surface area contributed by atoms with Crippen LogP contribution in [-0.2, 0) is 15.1 Å². The summed E-state index contributed by atoms with van der Waals surface area (Å²) in [5.41, 5.74) is -1.10. The van der Waals surface area contributed by atoms with Gasteiger partial charge in [0.1, 0.15) is 5.54 Å². The standard InChI is InChI=1S/C13H15F3INO2/c1-3-20-11(19)12(2,18-8-13(14,15)16)9-4-6-10(17)7-5-9/h4-7,18H,3,8H2,1-2H3. The van der Waals surface area contributed by atoms with Gasteiger partial charge in [-0.1, -0.05) is 12.1 Å². The summed E-state index contributed by atoms with van der Waals surface area (Å²) in [6.45, 7) is 1.83. The lowest BCUT2D eigenvalue weighted by Gasteiger charge is -2.29. The molecule has 1 atom stereocenters. The fraction of sp³-hybridized carbons (Fsp3) is 0.462. The van der Waals surface area contributed by atoms with Crippen molar-refractivity contribution in [2.24, 2.45) is 0 Å².